The maximum absolute atomic E-state index is 13.0. The average molecular weight is 419 g/mol. The van der Waals surface area contributed by atoms with E-state index in [4.69, 9.17) is 9.47 Å². The number of carbonyl (C=O) groups is 1. The number of H-pyrrole nitrogens is 1. The summed E-state index contributed by atoms with van der Waals surface area (Å²) in [5.74, 6) is 2.14. The summed E-state index contributed by atoms with van der Waals surface area (Å²) >= 11 is 0. The van der Waals surface area contributed by atoms with Crippen molar-refractivity contribution in [1.29, 1.82) is 0 Å². The molecule has 1 N–H and O–H groups in total. The van der Waals surface area contributed by atoms with Crippen molar-refractivity contribution < 1.29 is 14.3 Å². The fourth-order valence-corrected chi connectivity index (χ4v) is 4.42. The van der Waals surface area contributed by atoms with E-state index in [0.29, 0.717) is 42.8 Å². The highest BCUT2D eigenvalue weighted by Crippen LogP contribution is 2.38. The van der Waals surface area contributed by atoms with E-state index >= 15 is 0 Å². The van der Waals surface area contributed by atoms with E-state index in [2.05, 4.69) is 9.97 Å². The van der Waals surface area contributed by atoms with Crippen LogP contribution in [-0.2, 0) is 11.2 Å². The van der Waals surface area contributed by atoms with Crippen LogP contribution in [0, 0.1) is 0 Å². The van der Waals surface area contributed by atoms with E-state index in [9.17, 15) is 9.59 Å². The van der Waals surface area contributed by atoms with E-state index in [1.165, 1.54) is 0 Å². The van der Waals surface area contributed by atoms with Gasteiger partial charge in [-0.15, -0.1) is 0 Å². The van der Waals surface area contributed by atoms with Gasteiger partial charge in [0.25, 0.3) is 5.56 Å². The summed E-state index contributed by atoms with van der Waals surface area (Å²) in [5, 5.41) is 0.562. The van der Waals surface area contributed by atoms with Gasteiger partial charge in [-0.05, 0) is 42.7 Å². The van der Waals surface area contributed by atoms with Gasteiger partial charge in [-0.1, -0.05) is 18.2 Å². The molecule has 1 saturated heterocycles. The van der Waals surface area contributed by atoms with Gasteiger partial charge in [0.1, 0.15) is 5.82 Å². The molecule has 31 heavy (non-hydrogen) atoms. The number of rotatable bonds is 4. The maximum atomic E-state index is 13.0. The molecule has 2 aliphatic rings. The molecule has 0 aliphatic carbocycles. The predicted octanol–water partition coefficient (Wildman–Crippen LogP) is 3.38. The molecule has 1 aromatic heterocycles. The predicted molar refractivity (Wildman–Crippen MR) is 116 cm³/mol. The highest BCUT2D eigenvalue weighted by atomic mass is 16.5. The monoisotopic (exact) mass is 419 g/mol. The summed E-state index contributed by atoms with van der Waals surface area (Å²) in [6.07, 6.45) is 3.47. The van der Waals surface area contributed by atoms with Crippen LogP contribution in [0.4, 0.5) is 0 Å². The average Bonchev–Trinajstić information content (AvgIpc) is 3.16. The minimum Gasteiger partial charge on any atom is -0.490 e. The van der Waals surface area contributed by atoms with Crippen LogP contribution in [0.5, 0.6) is 11.5 Å². The topological polar surface area (TPSA) is 84.5 Å². The Kier molecular flexibility index (Phi) is 5.32. The van der Waals surface area contributed by atoms with Gasteiger partial charge in [0, 0.05) is 25.8 Å². The summed E-state index contributed by atoms with van der Waals surface area (Å²) < 4.78 is 11.6. The summed E-state index contributed by atoms with van der Waals surface area (Å²) in [4.78, 5) is 34.6. The molecule has 2 aliphatic heterocycles. The summed E-state index contributed by atoms with van der Waals surface area (Å²) in [6, 6.07) is 13.3. The van der Waals surface area contributed by atoms with E-state index in [0.717, 1.165) is 42.9 Å². The first-order valence-corrected chi connectivity index (χ1v) is 10.9. The molecule has 0 saturated carbocycles. The number of benzene rings is 2. The fraction of sp³-hybridized carbons (Fsp3) is 0.375. The van der Waals surface area contributed by atoms with Crippen molar-refractivity contribution in [1.82, 2.24) is 14.9 Å². The van der Waals surface area contributed by atoms with Crippen molar-refractivity contribution in [2.45, 2.75) is 38.1 Å². The van der Waals surface area contributed by atoms with E-state index in [-0.39, 0.29) is 17.5 Å². The SMILES string of the molecule is O=C(CCc1nc2ccccc2c(=O)[nH]1)N1CCC[C@H]1c1ccc2c(c1)OCCCO2. The van der Waals surface area contributed by atoms with Crippen molar-refractivity contribution in [3.8, 4) is 11.5 Å². The van der Waals surface area contributed by atoms with Gasteiger partial charge in [0.05, 0.1) is 30.2 Å². The van der Waals surface area contributed by atoms with E-state index < -0.39 is 0 Å². The van der Waals surface area contributed by atoms with Crippen LogP contribution in [-0.4, -0.2) is 40.5 Å². The van der Waals surface area contributed by atoms with Gasteiger partial charge >= 0.3 is 0 Å². The Bertz CT molecular complexity index is 1170. The third-order valence-electron chi connectivity index (χ3n) is 5.97. The number of para-hydroxylation sites is 1. The number of amides is 1. The Morgan fingerprint density at radius 2 is 1.94 bits per heavy atom. The molecule has 2 aromatic carbocycles. The minimum atomic E-state index is -0.167. The van der Waals surface area contributed by atoms with Gasteiger partial charge in [0.15, 0.2) is 11.5 Å². The lowest BCUT2D eigenvalue weighted by Crippen LogP contribution is -2.31. The van der Waals surface area contributed by atoms with Crippen LogP contribution in [0.1, 0.15) is 43.1 Å². The van der Waals surface area contributed by atoms with Gasteiger partial charge in [-0.2, -0.15) is 0 Å². The molecule has 3 aromatic rings. The quantitative estimate of drug-likeness (QED) is 0.701. The molecule has 0 bridgehead atoms. The number of aromatic nitrogens is 2. The number of likely N-dealkylation sites (tertiary alicyclic amines) is 1. The Morgan fingerprint density at radius 1 is 1.10 bits per heavy atom. The molecular weight excluding hydrogens is 394 g/mol. The number of nitrogens with zero attached hydrogens (tertiary/aromatic N) is 2. The lowest BCUT2D eigenvalue weighted by molar-refractivity contribution is -0.132. The number of hydrogen-bond donors (Lipinski definition) is 1. The highest BCUT2D eigenvalue weighted by molar-refractivity contribution is 5.78. The standard InChI is InChI=1S/C24H25N3O4/c28-23(11-10-22-25-18-6-2-1-5-17(18)24(29)26-22)27-12-3-7-19(27)16-8-9-20-21(15-16)31-14-4-13-30-20/h1-2,5-6,8-9,15,19H,3-4,7,10-14H2,(H,25,26,29)/t19-/m0/s1. The number of fused-ring (bicyclic) bond motifs is 2. The van der Waals surface area contributed by atoms with Crippen LogP contribution >= 0.6 is 0 Å². The second-order valence-electron chi connectivity index (χ2n) is 8.03. The van der Waals surface area contributed by atoms with Gasteiger partial charge in [0.2, 0.25) is 5.91 Å². The molecular formula is C24H25N3O4. The highest BCUT2D eigenvalue weighted by Gasteiger charge is 2.30. The smallest absolute Gasteiger partial charge is 0.258 e. The Hall–Kier alpha value is -3.35. The van der Waals surface area contributed by atoms with E-state index in [1.54, 1.807) is 6.07 Å². The summed E-state index contributed by atoms with van der Waals surface area (Å²) in [7, 11) is 0. The fourth-order valence-electron chi connectivity index (χ4n) is 4.42. The molecule has 0 spiro atoms. The van der Waals surface area contributed by atoms with Crippen molar-refractivity contribution in [3.05, 3.63) is 64.2 Å². The second-order valence-corrected chi connectivity index (χ2v) is 8.03. The number of hydrogen-bond acceptors (Lipinski definition) is 5. The molecule has 1 amide bonds. The molecule has 7 nitrogen and oxygen atoms in total. The van der Waals surface area contributed by atoms with E-state index in [1.807, 2.05) is 41.3 Å². The Labute approximate surface area is 180 Å². The largest absolute Gasteiger partial charge is 0.490 e. The summed E-state index contributed by atoms with van der Waals surface area (Å²) in [6.45, 7) is 2.03. The second kappa shape index (κ2) is 8.41. The first-order chi connectivity index (χ1) is 15.2. The Morgan fingerprint density at radius 3 is 2.84 bits per heavy atom. The Balaban J connectivity index is 1.30. The van der Waals surface area contributed by atoms with Crippen molar-refractivity contribution >= 4 is 16.8 Å². The molecule has 7 heteroatoms. The third-order valence-corrected chi connectivity index (χ3v) is 5.97. The number of nitrogens with one attached hydrogen (secondary N) is 1. The number of ether oxygens (including phenoxy) is 2. The lowest BCUT2D eigenvalue weighted by atomic mass is 10.0. The van der Waals surface area contributed by atoms with Crippen LogP contribution in [0.15, 0.2) is 47.3 Å². The third kappa shape index (κ3) is 4.00. The molecule has 5 rings (SSSR count). The zero-order valence-electron chi connectivity index (χ0n) is 17.3. The first kappa shape index (κ1) is 19.6. The van der Waals surface area contributed by atoms with Crippen molar-refractivity contribution in [3.63, 3.8) is 0 Å². The van der Waals surface area contributed by atoms with Crippen LogP contribution in [0.3, 0.4) is 0 Å². The molecule has 1 fully saturated rings. The molecule has 160 valence electrons. The first-order valence-electron chi connectivity index (χ1n) is 10.9. The van der Waals surface area contributed by atoms with Crippen LogP contribution < -0.4 is 15.0 Å². The zero-order chi connectivity index (χ0) is 21.2. The maximum Gasteiger partial charge on any atom is 0.258 e. The van der Waals surface area contributed by atoms with Crippen molar-refractivity contribution in [2.24, 2.45) is 0 Å². The van der Waals surface area contributed by atoms with Gasteiger partial charge in [-0.25, -0.2) is 4.98 Å². The summed E-state index contributed by atoms with van der Waals surface area (Å²) in [5.41, 5.74) is 1.56. The minimum absolute atomic E-state index is 0.0354. The lowest BCUT2D eigenvalue weighted by Gasteiger charge is -2.25. The molecule has 0 radical (unpaired) electrons. The molecule has 3 heterocycles. The van der Waals surface area contributed by atoms with Gasteiger partial charge in [-0.3, -0.25) is 9.59 Å². The number of carbonyl (C=O) groups excluding carboxylic acids is 1. The number of aryl methyl sites for hydroxylation is 1. The van der Waals surface area contributed by atoms with Crippen molar-refractivity contribution in [2.75, 3.05) is 19.8 Å². The van der Waals surface area contributed by atoms with Gasteiger partial charge < -0.3 is 19.4 Å². The number of aromatic amines is 1. The van der Waals surface area contributed by atoms with Crippen LogP contribution in [0.2, 0.25) is 0 Å². The zero-order valence-corrected chi connectivity index (χ0v) is 17.3. The molecule has 0 unspecified atom stereocenters. The van der Waals surface area contributed by atoms with Crippen LogP contribution in [0.25, 0.3) is 10.9 Å². The normalized spacial score (nSPS) is 18.2. The molecule has 1 atom stereocenters.